The monoisotopic (exact) mass is 178 g/mol. The molecule has 0 radical (unpaired) electrons. The second-order valence-electron chi connectivity index (χ2n) is 2.17. The molecule has 0 fully saturated rings. The third-order valence-electron chi connectivity index (χ3n) is 0.665. The van der Waals surface area contributed by atoms with Crippen molar-refractivity contribution in [1.82, 2.24) is 4.89 Å². The quantitative estimate of drug-likeness (QED) is 0.603. The summed E-state index contributed by atoms with van der Waals surface area (Å²) in [7, 11) is -3.56. The normalized spacial score (nSPS) is 11.5. The summed E-state index contributed by atoms with van der Waals surface area (Å²) in [4.78, 5) is 6.38. The summed E-state index contributed by atoms with van der Waals surface area (Å²) in [6.07, 6.45) is -0.233. The van der Waals surface area contributed by atoms with Gasteiger partial charge in [0, 0.05) is 0 Å². The van der Waals surface area contributed by atoms with E-state index in [4.69, 9.17) is 5.26 Å². The van der Waals surface area contributed by atoms with Gasteiger partial charge in [-0.05, 0) is 13.8 Å². The summed E-state index contributed by atoms with van der Waals surface area (Å²) in [5.41, 5.74) is 0. The number of nitrogens with zero attached hydrogens (tertiary/aromatic N) is 1. The first-order valence-corrected chi connectivity index (χ1v) is 4.65. The summed E-state index contributed by atoms with van der Waals surface area (Å²) < 4.78 is 21.4. The number of hydrogen-bond acceptors (Lipinski definition) is 4. The van der Waals surface area contributed by atoms with E-state index in [0.29, 0.717) is 0 Å². The molecule has 0 rings (SSSR count). The van der Waals surface area contributed by atoms with Crippen LogP contribution >= 0.6 is 0 Å². The lowest BCUT2D eigenvalue weighted by molar-refractivity contribution is 0.0411. The van der Waals surface area contributed by atoms with Gasteiger partial charge in [-0.1, -0.05) is 4.89 Å². The minimum absolute atomic E-state index is 0.233. The van der Waals surface area contributed by atoms with Crippen molar-refractivity contribution in [1.29, 1.82) is 5.26 Å². The number of hydrogen-bond donors (Lipinski definition) is 1. The van der Waals surface area contributed by atoms with Gasteiger partial charge in [0.2, 0.25) is 10.0 Å². The van der Waals surface area contributed by atoms with E-state index in [0.717, 1.165) is 0 Å². The zero-order valence-corrected chi connectivity index (χ0v) is 7.18. The van der Waals surface area contributed by atoms with Crippen molar-refractivity contribution in [2.45, 2.75) is 20.0 Å². The lowest BCUT2D eigenvalue weighted by Gasteiger charge is -2.06. The van der Waals surface area contributed by atoms with E-state index in [1.54, 1.807) is 13.8 Å². The molecule has 5 nitrogen and oxygen atoms in total. The van der Waals surface area contributed by atoms with E-state index >= 15 is 0 Å². The lowest BCUT2D eigenvalue weighted by Crippen LogP contribution is -2.28. The molecule has 11 heavy (non-hydrogen) atoms. The maximum Gasteiger partial charge on any atom is 0.246 e. The molecular formula is C5H10N2O3S. The molecule has 0 aromatic rings. The molecule has 0 aromatic carbocycles. The fourth-order valence-electron chi connectivity index (χ4n) is 0.284. The van der Waals surface area contributed by atoms with E-state index in [9.17, 15) is 8.42 Å². The highest BCUT2D eigenvalue weighted by Gasteiger charge is 2.09. The van der Waals surface area contributed by atoms with Crippen LogP contribution in [-0.4, -0.2) is 20.3 Å². The number of nitriles is 1. The van der Waals surface area contributed by atoms with Crippen molar-refractivity contribution in [3.63, 3.8) is 0 Å². The van der Waals surface area contributed by atoms with Gasteiger partial charge in [0.15, 0.2) is 5.75 Å². The van der Waals surface area contributed by atoms with Crippen LogP contribution in [0.5, 0.6) is 0 Å². The molecule has 1 N–H and O–H groups in total. The van der Waals surface area contributed by atoms with Crippen LogP contribution in [0.25, 0.3) is 0 Å². The predicted molar refractivity (Wildman–Crippen MR) is 38.8 cm³/mol. The van der Waals surface area contributed by atoms with E-state index in [-0.39, 0.29) is 6.10 Å². The molecule has 0 unspecified atom stereocenters. The molecule has 0 aliphatic rings. The van der Waals surface area contributed by atoms with E-state index in [1.807, 2.05) is 4.89 Å². The first kappa shape index (κ1) is 10.4. The van der Waals surface area contributed by atoms with Crippen LogP contribution in [0.15, 0.2) is 0 Å². The Bertz CT molecular complexity index is 239. The van der Waals surface area contributed by atoms with Gasteiger partial charge in [-0.3, -0.25) is 4.84 Å². The van der Waals surface area contributed by atoms with Gasteiger partial charge in [0.25, 0.3) is 0 Å². The Morgan fingerprint density at radius 1 is 1.64 bits per heavy atom. The summed E-state index contributed by atoms with van der Waals surface area (Å²) in [5, 5.41) is 8.04. The third-order valence-corrected chi connectivity index (χ3v) is 1.52. The van der Waals surface area contributed by atoms with E-state index in [1.165, 1.54) is 6.07 Å². The van der Waals surface area contributed by atoms with Crippen LogP contribution in [0.4, 0.5) is 0 Å². The first-order chi connectivity index (χ1) is 4.98. The third kappa shape index (κ3) is 5.79. The minimum Gasteiger partial charge on any atom is -0.284 e. The van der Waals surface area contributed by atoms with Crippen molar-refractivity contribution >= 4 is 10.0 Å². The minimum atomic E-state index is -3.56. The molecular weight excluding hydrogens is 168 g/mol. The SMILES string of the molecule is CC(C)ONS(=O)(=O)CC#N. The zero-order valence-electron chi connectivity index (χ0n) is 6.36. The molecule has 6 heteroatoms. The van der Waals surface area contributed by atoms with Gasteiger partial charge >= 0.3 is 0 Å². The van der Waals surface area contributed by atoms with Crippen LogP contribution < -0.4 is 4.89 Å². The Labute approximate surface area is 66.0 Å². The summed E-state index contributed by atoms with van der Waals surface area (Å²) in [6.45, 7) is 3.35. The number of nitrogens with one attached hydrogen (secondary N) is 1. The van der Waals surface area contributed by atoms with Crippen molar-refractivity contribution in [2.24, 2.45) is 0 Å². The lowest BCUT2D eigenvalue weighted by atomic mass is 10.5. The van der Waals surface area contributed by atoms with E-state index < -0.39 is 15.8 Å². The Balaban J connectivity index is 3.87. The highest BCUT2D eigenvalue weighted by Crippen LogP contribution is 1.87. The Morgan fingerprint density at radius 3 is 2.55 bits per heavy atom. The van der Waals surface area contributed by atoms with Crippen molar-refractivity contribution in [2.75, 3.05) is 5.75 Å². The summed E-state index contributed by atoms with van der Waals surface area (Å²) in [6, 6.07) is 1.50. The number of sulfonamides is 1. The van der Waals surface area contributed by atoms with Crippen LogP contribution in [0.3, 0.4) is 0 Å². The molecule has 64 valence electrons. The largest absolute Gasteiger partial charge is 0.284 e. The molecule has 0 heterocycles. The molecule has 0 aliphatic carbocycles. The Hall–Kier alpha value is -0.640. The standard InChI is InChI=1S/C5H10N2O3S/c1-5(2)10-7-11(8,9)4-3-6/h5,7H,4H2,1-2H3. The highest BCUT2D eigenvalue weighted by atomic mass is 32.2. The maximum atomic E-state index is 10.7. The van der Waals surface area contributed by atoms with Gasteiger partial charge in [-0.25, -0.2) is 8.42 Å². The molecule has 0 saturated carbocycles. The van der Waals surface area contributed by atoms with Crippen LogP contribution in [0.2, 0.25) is 0 Å². The molecule has 0 amide bonds. The summed E-state index contributed by atoms with van der Waals surface area (Å²) in [5.74, 6) is -0.584. The Kier molecular flexibility index (Phi) is 4.03. The average Bonchev–Trinajstić information content (AvgIpc) is 1.84. The van der Waals surface area contributed by atoms with Crippen molar-refractivity contribution in [3.05, 3.63) is 0 Å². The zero-order chi connectivity index (χ0) is 8.91. The molecule has 0 aliphatic heterocycles. The topological polar surface area (TPSA) is 79.2 Å². The average molecular weight is 178 g/mol. The second-order valence-corrected chi connectivity index (χ2v) is 3.85. The van der Waals surface area contributed by atoms with Gasteiger partial charge < -0.3 is 0 Å². The summed E-state index contributed by atoms with van der Waals surface area (Å²) >= 11 is 0. The van der Waals surface area contributed by atoms with Gasteiger partial charge in [0.1, 0.15) is 0 Å². The van der Waals surface area contributed by atoms with Crippen LogP contribution in [0.1, 0.15) is 13.8 Å². The van der Waals surface area contributed by atoms with Crippen molar-refractivity contribution in [3.8, 4) is 6.07 Å². The molecule has 0 spiro atoms. The molecule has 0 aromatic heterocycles. The van der Waals surface area contributed by atoms with E-state index in [2.05, 4.69) is 4.84 Å². The van der Waals surface area contributed by atoms with Crippen LogP contribution in [-0.2, 0) is 14.9 Å². The van der Waals surface area contributed by atoms with Crippen LogP contribution in [0, 0.1) is 11.3 Å². The highest BCUT2D eigenvalue weighted by molar-refractivity contribution is 7.89. The maximum absolute atomic E-state index is 10.7. The number of rotatable bonds is 4. The predicted octanol–water partition coefficient (Wildman–Crippen LogP) is -0.231. The fourth-order valence-corrected chi connectivity index (χ4v) is 0.852. The first-order valence-electron chi connectivity index (χ1n) is 3.00. The fraction of sp³-hybridized carbons (Fsp3) is 0.800. The molecule has 0 saturated heterocycles. The van der Waals surface area contributed by atoms with Gasteiger partial charge in [0.05, 0.1) is 12.2 Å². The smallest absolute Gasteiger partial charge is 0.246 e. The molecule has 0 bridgehead atoms. The van der Waals surface area contributed by atoms with Gasteiger partial charge in [-0.2, -0.15) is 5.26 Å². The van der Waals surface area contributed by atoms with Crippen molar-refractivity contribution < 1.29 is 13.3 Å². The van der Waals surface area contributed by atoms with Gasteiger partial charge in [-0.15, -0.1) is 0 Å². The molecule has 0 atom stereocenters. The second kappa shape index (κ2) is 4.28. The Morgan fingerprint density at radius 2 is 2.18 bits per heavy atom.